The molecule has 1 aromatic rings. The Morgan fingerprint density at radius 1 is 1.20 bits per heavy atom. The maximum absolute atomic E-state index is 12.3. The van der Waals surface area contributed by atoms with Crippen molar-refractivity contribution < 1.29 is 19.4 Å². The third-order valence-corrected chi connectivity index (χ3v) is 3.29. The monoisotopic (exact) mass is 279 g/mol. The van der Waals surface area contributed by atoms with Gasteiger partial charge in [-0.15, -0.1) is 0 Å². The molecule has 110 valence electrons. The standard InChI is InChI=1S/C15H21NO4/c1-9-6-7-10(2)12(14(18)19)11(9)13(17)16-8-15(3,4)20-5/h6-7H,8H2,1-5H3,(H,16,17)(H,18,19). The van der Waals surface area contributed by atoms with E-state index in [4.69, 9.17) is 4.74 Å². The number of rotatable bonds is 5. The van der Waals surface area contributed by atoms with Crippen molar-refractivity contribution in [2.75, 3.05) is 13.7 Å². The molecule has 2 N–H and O–H groups in total. The second-order valence-electron chi connectivity index (χ2n) is 5.40. The van der Waals surface area contributed by atoms with Crippen LogP contribution in [0.3, 0.4) is 0 Å². The molecule has 1 aromatic carbocycles. The predicted octanol–water partition coefficient (Wildman–Crippen LogP) is 2.16. The van der Waals surface area contributed by atoms with Crippen LogP contribution in [0, 0.1) is 13.8 Å². The van der Waals surface area contributed by atoms with Crippen LogP contribution < -0.4 is 5.32 Å². The summed E-state index contributed by atoms with van der Waals surface area (Å²) in [6.07, 6.45) is 0. The van der Waals surface area contributed by atoms with E-state index in [-0.39, 0.29) is 11.1 Å². The van der Waals surface area contributed by atoms with Gasteiger partial charge in [-0.1, -0.05) is 12.1 Å². The minimum Gasteiger partial charge on any atom is -0.478 e. The van der Waals surface area contributed by atoms with E-state index in [9.17, 15) is 14.7 Å². The number of carbonyl (C=O) groups is 2. The topological polar surface area (TPSA) is 75.6 Å². The van der Waals surface area contributed by atoms with Crippen molar-refractivity contribution in [3.63, 3.8) is 0 Å². The highest BCUT2D eigenvalue weighted by Gasteiger charge is 2.23. The number of methoxy groups -OCH3 is 1. The maximum atomic E-state index is 12.3. The summed E-state index contributed by atoms with van der Waals surface area (Å²) in [7, 11) is 1.56. The second kappa shape index (κ2) is 6.05. The number of benzene rings is 1. The fraction of sp³-hybridized carbons (Fsp3) is 0.467. The van der Waals surface area contributed by atoms with Gasteiger partial charge in [0.05, 0.1) is 16.7 Å². The number of amides is 1. The third-order valence-electron chi connectivity index (χ3n) is 3.29. The summed E-state index contributed by atoms with van der Waals surface area (Å²) in [4.78, 5) is 23.6. The number of carboxylic acid groups (broad SMARTS) is 1. The molecule has 0 aliphatic carbocycles. The first-order valence-electron chi connectivity index (χ1n) is 6.36. The number of carboxylic acids is 1. The van der Waals surface area contributed by atoms with Gasteiger partial charge in [-0.2, -0.15) is 0 Å². The van der Waals surface area contributed by atoms with Gasteiger partial charge >= 0.3 is 5.97 Å². The molecule has 0 atom stereocenters. The summed E-state index contributed by atoms with van der Waals surface area (Å²) in [5, 5.41) is 12.0. The highest BCUT2D eigenvalue weighted by atomic mass is 16.5. The Bertz CT molecular complexity index is 535. The molecule has 0 bridgehead atoms. The van der Waals surface area contributed by atoms with Crippen molar-refractivity contribution in [3.05, 3.63) is 34.4 Å². The average Bonchev–Trinajstić information content (AvgIpc) is 2.38. The highest BCUT2D eigenvalue weighted by molar-refractivity contribution is 6.06. The SMILES string of the molecule is COC(C)(C)CNC(=O)c1c(C)ccc(C)c1C(=O)O. The molecular formula is C15H21NO4. The molecular weight excluding hydrogens is 258 g/mol. The zero-order valence-electron chi connectivity index (χ0n) is 12.5. The van der Waals surface area contributed by atoms with E-state index in [1.54, 1.807) is 33.1 Å². The Labute approximate surface area is 118 Å². The Morgan fingerprint density at radius 3 is 2.15 bits per heavy atom. The van der Waals surface area contributed by atoms with Crippen LogP contribution in [0.15, 0.2) is 12.1 Å². The molecule has 0 aliphatic heterocycles. The molecule has 0 radical (unpaired) electrons. The molecule has 0 unspecified atom stereocenters. The van der Waals surface area contributed by atoms with E-state index < -0.39 is 17.5 Å². The van der Waals surface area contributed by atoms with E-state index in [2.05, 4.69) is 5.32 Å². The fourth-order valence-electron chi connectivity index (χ4n) is 1.83. The van der Waals surface area contributed by atoms with Gasteiger partial charge < -0.3 is 15.2 Å². The summed E-state index contributed by atoms with van der Waals surface area (Å²) in [5.74, 6) is -1.49. The Hall–Kier alpha value is -1.88. The summed E-state index contributed by atoms with van der Waals surface area (Å²) in [6, 6.07) is 3.45. The Balaban J connectivity index is 3.10. The molecule has 1 amide bonds. The first-order valence-corrected chi connectivity index (χ1v) is 6.36. The lowest BCUT2D eigenvalue weighted by molar-refractivity contribution is 0.0228. The van der Waals surface area contributed by atoms with Gasteiger partial charge in [0.1, 0.15) is 0 Å². The lowest BCUT2D eigenvalue weighted by atomic mass is 9.96. The molecule has 5 nitrogen and oxygen atoms in total. The minimum atomic E-state index is -1.10. The molecule has 0 saturated heterocycles. The molecule has 0 saturated carbocycles. The van der Waals surface area contributed by atoms with Crippen LogP contribution >= 0.6 is 0 Å². The van der Waals surface area contributed by atoms with Gasteiger partial charge in [-0.25, -0.2) is 4.79 Å². The zero-order valence-corrected chi connectivity index (χ0v) is 12.5. The number of aromatic carboxylic acids is 1. The Kier molecular flexibility index (Phi) is 4.89. The quantitative estimate of drug-likeness (QED) is 0.866. The molecule has 0 aromatic heterocycles. The van der Waals surface area contributed by atoms with Crippen LogP contribution in [0.25, 0.3) is 0 Å². The number of aryl methyl sites for hydroxylation is 2. The van der Waals surface area contributed by atoms with Crippen molar-refractivity contribution in [1.82, 2.24) is 5.32 Å². The number of hydrogen-bond donors (Lipinski definition) is 2. The van der Waals surface area contributed by atoms with Gasteiger partial charge in [0.2, 0.25) is 0 Å². The van der Waals surface area contributed by atoms with Gasteiger partial charge in [-0.3, -0.25) is 4.79 Å². The lowest BCUT2D eigenvalue weighted by Gasteiger charge is -2.23. The largest absolute Gasteiger partial charge is 0.478 e. The number of nitrogens with one attached hydrogen (secondary N) is 1. The normalized spacial score (nSPS) is 11.2. The van der Waals surface area contributed by atoms with Crippen molar-refractivity contribution >= 4 is 11.9 Å². The fourth-order valence-corrected chi connectivity index (χ4v) is 1.83. The third kappa shape index (κ3) is 3.57. The summed E-state index contributed by atoms with van der Waals surface area (Å²) < 4.78 is 5.22. The van der Waals surface area contributed by atoms with E-state index in [0.29, 0.717) is 17.7 Å². The van der Waals surface area contributed by atoms with Crippen molar-refractivity contribution in [2.24, 2.45) is 0 Å². The molecule has 0 spiro atoms. The molecule has 1 rings (SSSR count). The molecule has 0 fully saturated rings. The number of ether oxygens (including phenoxy) is 1. The predicted molar refractivity (Wildman–Crippen MR) is 76.3 cm³/mol. The van der Waals surface area contributed by atoms with Gasteiger partial charge in [0, 0.05) is 13.7 Å². The summed E-state index contributed by atoms with van der Waals surface area (Å²) >= 11 is 0. The van der Waals surface area contributed by atoms with Crippen LogP contribution in [0.4, 0.5) is 0 Å². The zero-order chi connectivity index (χ0) is 15.5. The van der Waals surface area contributed by atoms with E-state index in [0.717, 1.165) is 0 Å². The van der Waals surface area contributed by atoms with Crippen LogP contribution in [-0.4, -0.2) is 36.2 Å². The van der Waals surface area contributed by atoms with Crippen LogP contribution in [0.1, 0.15) is 45.7 Å². The van der Waals surface area contributed by atoms with E-state index in [1.165, 1.54) is 0 Å². The summed E-state index contributed by atoms with van der Waals surface area (Å²) in [6.45, 7) is 7.39. The number of carbonyl (C=O) groups excluding carboxylic acids is 1. The average molecular weight is 279 g/mol. The minimum absolute atomic E-state index is 0.0534. The van der Waals surface area contributed by atoms with Crippen molar-refractivity contribution in [2.45, 2.75) is 33.3 Å². The van der Waals surface area contributed by atoms with Gasteiger partial charge in [0.15, 0.2) is 0 Å². The summed E-state index contributed by atoms with van der Waals surface area (Å²) in [5.41, 5.74) is 0.971. The van der Waals surface area contributed by atoms with E-state index >= 15 is 0 Å². The second-order valence-corrected chi connectivity index (χ2v) is 5.40. The van der Waals surface area contributed by atoms with Crippen LogP contribution in [0.2, 0.25) is 0 Å². The van der Waals surface area contributed by atoms with Gasteiger partial charge in [0.25, 0.3) is 5.91 Å². The molecule has 5 heteroatoms. The van der Waals surface area contributed by atoms with E-state index in [1.807, 2.05) is 13.8 Å². The number of hydrogen-bond acceptors (Lipinski definition) is 3. The van der Waals surface area contributed by atoms with Crippen molar-refractivity contribution in [1.29, 1.82) is 0 Å². The van der Waals surface area contributed by atoms with Crippen molar-refractivity contribution in [3.8, 4) is 0 Å². The van der Waals surface area contributed by atoms with Gasteiger partial charge in [-0.05, 0) is 38.8 Å². The first-order chi connectivity index (χ1) is 9.19. The van der Waals surface area contributed by atoms with Crippen LogP contribution in [0.5, 0.6) is 0 Å². The Morgan fingerprint density at radius 2 is 1.70 bits per heavy atom. The molecule has 20 heavy (non-hydrogen) atoms. The first kappa shape index (κ1) is 16.2. The van der Waals surface area contributed by atoms with Crippen LogP contribution in [-0.2, 0) is 4.74 Å². The lowest BCUT2D eigenvalue weighted by Crippen LogP contribution is -2.40. The maximum Gasteiger partial charge on any atom is 0.336 e. The molecule has 0 heterocycles. The molecule has 0 aliphatic rings. The smallest absolute Gasteiger partial charge is 0.336 e. The highest BCUT2D eigenvalue weighted by Crippen LogP contribution is 2.19.